The SMILES string of the molecule is Cc1cc2ccsc2n1C1CNc2ccc(F)cc2C1. The fourth-order valence-corrected chi connectivity index (χ4v) is 4.18. The Hall–Kier alpha value is -1.81. The van der Waals surface area contributed by atoms with E-state index in [4.69, 9.17) is 0 Å². The van der Waals surface area contributed by atoms with Gasteiger partial charge in [0.05, 0.1) is 6.04 Å². The van der Waals surface area contributed by atoms with Gasteiger partial charge in [0.25, 0.3) is 0 Å². The Morgan fingerprint density at radius 2 is 2.20 bits per heavy atom. The molecule has 1 atom stereocenters. The first-order valence-corrected chi connectivity index (χ1v) is 7.67. The Bertz CT molecular complexity index is 787. The number of aryl methyl sites for hydroxylation is 1. The van der Waals surface area contributed by atoms with Crippen LogP contribution in [0.3, 0.4) is 0 Å². The monoisotopic (exact) mass is 286 g/mol. The van der Waals surface area contributed by atoms with Crippen molar-refractivity contribution in [2.24, 2.45) is 0 Å². The summed E-state index contributed by atoms with van der Waals surface area (Å²) in [5, 5.41) is 6.86. The number of benzene rings is 1. The van der Waals surface area contributed by atoms with Gasteiger partial charge in [0.15, 0.2) is 0 Å². The molecule has 0 aliphatic carbocycles. The fourth-order valence-electron chi connectivity index (χ4n) is 3.17. The Kier molecular flexibility index (Phi) is 2.60. The Morgan fingerprint density at radius 1 is 1.30 bits per heavy atom. The van der Waals surface area contributed by atoms with Gasteiger partial charge < -0.3 is 9.88 Å². The molecule has 3 heterocycles. The number of fused-ring (bicyclic) bond motifs is 2. The normalized spacial score (nSPS) is 18.0. The summed E-state index contributed by atoms with van der Waals surface area (Å²) in [6.07, 6.45) is 0.878. The minimum Gasteiger partial charge on any atom is -0.383 e. The van der Waals surface area contributed by atoms with Gasteiger partial charge >= 0.3 is 0 Å². The number of hydrogen-bond acceptors (Lipinski definition) is 2. The first-order chi connectivity index (χ1) is 9.72. The molecule has 0 spiro atoms. The van der Waals surface area contributed by atoms with E-state index in [9.17, 15) is 4.39 Å². The summed E-state index contributed by atoms with van der Waals surface area (Å²) in [6.45, 7) is 3.04. The summed E-state index contributed by atoms with van der Waals surface area (Å²) in [5.74, 6) is -0.156. The van der Waals surface area contributed by atoms with Crippen molar-refractivity contribution in [1.82, 2.24) is 4.57 Å². The molecule has 1 N–H and O–H groups in total. The Labute approximate surface area is 120 Å². The number of aromatic nitrogens is 1. The van der Waals surface area contributed by atoms with Gasteiger partial charge in [-0.2, -0.15) is 0 Å². The summed E-state index contributed by atoms with van der Waals surface area (Å²) in [5.41, 5.74) is 3.41. The lowest BCUT2D eigenvalue weighted by Gasteiger charge is -2.28. The highest BCUT2D eigenvalue weighted by Gasteiger charge is 2.22. The van der Waals surface area contributed by atoms with E-state index in [0.29, 0.717) is 6.04 Å². The third kappa shape index (κ3) is 1.75. The highest BCUT2D eigenvalue weighted by molar-refractivity contribution is 7.16. The standard InChI is InChI=1S/C16H15FN2S/c1-10-6-11-4-5-20-16(11)19(10)14-8-12-7-13(17)2-3-15(12)18-9-14/h2-7,14,18H,8-9H2,1H3. The summed E-state index contributed by atoms with van der Waals surface area (Å²) in [4.78, 5) is 1.31. The first-order valence-electron chi connectivity index (χ1n) is 6.80. The number of rotatable bonds is 1. The average Bonchev–Trinajstić information content (AvgIpc) is 2.97. The van der Waals surface area contributed by atoms with Crippen molar-refractivity contribution >= 4 is 27.2 Å². The molecular formula is C16H15FN2S. The maximum absolute atomic E-state index is 13.4. The predicted octanol–water partition coefficient (Wildman–Crippen LogP) is 4.36. The zero-order valence-corrected chi connectivity index (χ0v) is 12.0. The van der Waals surface area contributed by atoms with Crippen molar-refractivity contribution in [2.45, 2.75) is 19.4 Å². The second kappa shape index (κ2) is 4.35. The number of thiophene rings is 1. The van der Waals surface area contributed by atoms with E-state index in [1.54, 1.807) is 17.4 Å². The van der Waals surface area contributed by atoms with E-state index < -0.39 is 0 Å². The van der Waals surface area contributed by atoms with Crippen molar-refractivity contribution in [1.29, 1.82) is 0 Å². The highest BCUT2D eigenvalue weighted by atomic mass is 32.1. The quantitative estimate of drug-likeness (QED) is 0.703. The molecule has 1 aliphatic rings. The van der Waals surface area contributed by atoms with Gasteiger partial charge in [0.2, 0.25) is 0 Å². The maximum Gasteiger partial charge on any atom is 0.123 e. The lowest BCUT2D eigenvalue weighted by Crippen LogP contribution is -2.26. The molecule has 4 rings (SSSR count). The van der Waals surface area contributed by atoms with Crippen LogP contribution >= 0.6 is 11.3 Å². The van der Waals surface area contributed by atoms with E-state index in [1.807, 2.05) is 6.07 Å². The van der Waals surface area contributed by atoms with Crippen molar-refractivity contribution in [3.8, 4) is 0 Å². The summed E-state index contributed by atoms with van der Waals surface area (Å²) in [7, 11) is 0. The molecule has 1 aromatic carbocycles. The van der Waals surface area contributed by atoms with Crippen molar-refractivity contribution in [3.05, 3.63) is 52.8 Å². The van der Waals surface area contributed by atoms with Crippen LogP contribution in [0.5, 0.6) is 0 Å². The van der Waals surface area contributed by atoms with E-state index in [0.717, 1.165) is 24.2 Å². The average molecular weight is 286 g/mol. The minimum absolute atomic E-state index is 0.156. The van der Waals surface area contributed by atoms with Crippen LogP contribution in [0.4, 0.5) is 10.1 Å². The summed E-state index contributed by atoms with van der Waals surface area (Å²) >= 11 is 1.77. The molecule has 1 aliphatic heterocycles. The van der Waals surface area contributed by atoms with Crippen molar-refractivity contribution in [3.63, 3.8) is 0 Å². The molecule has 0 saturated carbocycles. The zero-order chi connectivity index (χ0) is 13.7. The van der Waals surface area contributed by atoms with Crippen LogP contribution in [0.15, 0.2) is 35.7 Å². The lowest BCUT2D eigenvalue weighted by atomic mass is 9.99. The van der Waals surface area contributed by atoms with Gasteiger partial charge in [-0.1, -0.05) is 0 Å². The van der Waals surface area contributed by atoms with Gasteiger partial charge in [-0.3, -0.25) is 0 Å². The molecule has 0 amide bonds. The molecule has 0 saturated heterocycles. The van der Waals surface area contributed by atoms with E-state index in [2.05, 4.69) is 34.3 Å². The molecule has 20 heavy (non-hydrogen) atoms. The second-order valence-electron chi connectivity index (χ2n) is 5.38. The highest BCUT2D eigenvalue weighted by Crippen LogP contribution is 2.33. The smallest absolute Gasteiger partial charge is 0.123 e. The molecule has 1 unspecified atom stereocenters. The second-order valence-corrected chi connectivity index (χ2v) is 6.27. The molecule has 2 aromatic heterocycles. The third-order valence-corrected chi connectivity index (χ3v) is 4.98. The van der Waals surface area contributed by atoms with Crippen LogP contribution in [0, 0.1) is 12.7 Å². The van der Waals surface area contributed by atoms with Crippen LogP contribution in [-0.2, 0) is 6.42 Å². The van der Waals surface area contributed by atoms with Crippen molar-refractivity contribution < 1.29 is 4.39 Å². The molecule has 3 aromatic rings. The van der Waals surface area contributed by atoms with E-state index in [1.165, 1.54) is 22.0 Å². The van der Waals surface area contributed by atoms with Crippen LogP contribution in [-0.4, -0.2) is 11.1 Å². The summed E-state index contributed by atoms with van der Waals surface area (Å²) < 4.78 is 15.8. The molecule has 0 bridgehead atoms. The third-order valence-electron chi connectivity index (χ3n) is 4.05. The largest absolute Gasteiger partial charge is 0.383 e. The minimum atomic E-state index is -0.156. The predicted molar refractivity (Wildman–Crippen MR) is 82.2 cm³/mol. The van der Waals surface area contributed by atoms with Crippen LogP contribution in [0.25, 0.3) is 10.2 Å². The topological polar surface area (TPSA) is 17.0 Å². The molecule has 102 valence electrons. The number of hydrogen-bond donors (Lipinski definition) is 1. The number of nitrogens with zero attached hydrogens (tertiary/aromatic N) is 1. The first kappa shape index (κ1) is 12.0. The summed E-state index contributed by atoms with van der Waals surface area (Å²) in [6, 6.07) is 9.74. The zero-order valence-electron chi connectivity index (χ0n) is 11.2. The van der Waals surface area contributed by atoms with Crippen LogP contribution in [0.1, 0.15) is 17.3 Å². The van der Waals surface area contributed by atoms with Gasteiger partial charge in [-0.15, -0.1) is 11.3 Å². The fraction of sp³-hybridized carbons (Fsp3) is 0.250. The van der Waals surface area contributed by atoms with Crippen molar-refractivity contribution in [2.75, 3.05) is 11.9 Å². The molecule has 4 heteroatoms. The van der Waals surface area contributed by atoms with Gasteiger partial charge in [0, 0.05) is 23.3 Å². The Balaban J connectivity index is 1.77. The molecule has 0 fully saturated rings. The number of halogens is 1. The van der Waals surface area contributed by atoms with Gasteiger partial charge in [-0.05, 0) is 54.6 Å². The van der Waals surface area contributed by atoms with Crippen LogP contribution in [0.2, 0.25) is 0 Å². The molecule has 0 radical (unpaired) electrons. The van der Waals surface area contributed by atoms with E-state index in [-0.39, 0.29) is 5.82 Å². The Morgan fingerprint density at radius 3 is 3.10 bits per heavy atom. The maximum atomic E-state index is 13.4. The van der Waals surface area contributed by atoms with Gasteiger partial charge in [-0.25, -0.2) is 4.39 Å². The molecular weight excluding hydrogens is 271 g/mol. The van der Waals surface area contributed by atoms with Crippen LogP contribution < -0.4 is 5.32 Å². The van der Waals surface area contributed by atoms with Gasteiger partial charge in [0.1, 0.15) is 10.6 Å². The number of anilines is 1. The molecule has 2 nitrogen and oxygen atoms in total. The van der Waals surface area contributed by atoms with E-state index >= 15 is 0 Å². The lowest BCUT2D eigenvalue weighted by molar-refractivity contribution is 0.515. The number of nitrogens with one attached hydrogen (secondary N) is 1.